The van der Waals surface area contributed by atoms with Gasteiger partial charge in [-0.2, -0.15) is 0 Å². The second-order valence-corrected chi connectivity index (χ2v) is 2.51. The highest BCUT2D eigenvalue weighted by molar-refractivity contribution is 9.10. The van der Waals surface area contributed by atoms with Crippen LogP contribution in [0.3, 0.4) is 0 Å². The molecule has 0 amide bonds. The largest absolute Gasteiger partial charge is 0.295 e. The molecule has 0 rings (SSSR count). The molecule has 0 aromatic rings. The number of alkyl halides is 1. The number of halogens is 1. The maximum Gasteiger partial charge on any atom is 0.208 e. The van der Waals surface area contributed by atoms with Crippen LogP contribution in [-0.2, 0) is 9.59 Å². The van der Waals surface area contributed by atoms with Crippen LogP contribution < -0.4 is 0 Å². The lowest BCUT2D eigenvalue weighted by molar-refractivity contribution is -0.129. The minimum Gasteiger partial charge on any atom is -0.295 e. The zero-order chi connectivity index (χ0) is 5.86. The number of hydrogen-bond acceptors (Lipinski definition) is 2. The van der Waals surface area contributed by atoms with Crippen LogP contribution in [0.4, 0.5) is 0 Å². The predicted octanol–water partition coefficient (Wildman–Crippen LogP) is 0.538. The molecule has 0 fully saturated rings. The molecule has 0 aromatic carbocycles. The number of carbonyl (C=O) groups excluding carboxylic acids is 2. The summed E-state index contributed by atoms with van der Waals surface area (Å²) in [6, 6.07) is 0. The van der Waals surface area contributed by atoms with Gasteiger partial charge in [-0.15, -0.1) is 0 Å². The van der Waals surface area contributed by atoms with Crippen molar-refractivity contribution in [2.75, 3.05) is 0 Å². The molecule has 0 aliphatic carbocycles. The summed E-state index contributed by atoms with van der Waals surface area (Å²) in [5.74, 6) is -0.417. The van der Waals surface area contributed by atoms with Crippen molar-refractivity contribution in [1.82, 2.24) is 0 Å². The molecule has 7 heavy (non-hydrogen) atoms. The Morgan fingerprint density at radius 3 is 2.29 bits per heavy atom. The topological polar surface area (TPSA) is 34.1 Å². The van der Waals surface area contributed by atoms with Gasteiger partial charge in [0.25, 0.3) is 0 Å². The highest BCUT2D eigenvalue weighted by atomic mass is 79.9. The van der Waals surface area contributed by atoms with Crippen LogP contribution in [0.5, 0.6) is 0 Å². The normalized spacial score (nSPS) is 12.9. The van der Waals surface area contributed by atoms with Gasteiger partial charge in [-0.05, 0) is 6.92 Å². The van der Waals surface area contributed by atoms with Crippen LogP contribution >= 0.6 is 15.9 Å². The van der Waals surface area contributed by atoms with E-state index in [1.807, 2.05) is 0 Å². The Hall–Kier alpha value is -0.180. The van der Waals surface area contributed by atoms with Crippen molar-refractivity contribution >= 4 is 28.0 Å². The molecule has 0 saturated heterocycles. The van der Waals surface area contributed by atoms with Crippen LogP contribution in [0.1, 0.15) is 6.92 Å². The average molecular weight is 165 g/mol. The van der Waals surface area contributed by atoms with Crippen molar-refractivity contribution in [3.05, 3.63) is 0 Å². The summed E-state index contributed by atoms with van der Waals surface area (Å²) in [6.07, 6.45) is 0.305. The van der Waals surface area contributed by atoms with Gasteiger partial charge in [-0.25, -0.2) is 0 Å². The molecule has 0 bridgehead atoms. The molecule has 0 aliphatic rings. The monoisotopic (exact) mass is 164 g/mol. The van der Waals surface area contributed by atoms with Crippen LogP contribution in [-0.4, -0.2) is 16.9 Å². The van der Waals surface area contributed by atoms with E-state index in [0.717, 1.165) is 0 Å². The lowest BCUT2D eigenvalue weighted by Gasteiger charge is -1.87. The van der Waals surface area contributed by atoms with Gasteiger partial charge in [0.2, 0.25) is 5.78 Å². The van der Waals surface area contributed by atoms with Crippen LogP contribution in [0.2, 0.25) is 0 Å². The van der Waals surface area contributed by atoms with E-state index in [2.05, 4.69) is 15.9 Å². The quantitative estimate of drug-likeness (QED) is 0.340. The maximum absolute atomic E-state index is 10.1. The van der Waals surface area contributed by atoms with E-state index in [0.29, 0.717) is 6.29 Å². The summed E-state index contributed by atoms with van der Waals surface area (Å²) in [7, 11) is 0. The van der Waals surface area contributed by atoms with Crippen molar-refractivity contribution < 1.29 is 9.59 Å². The number of ketones is 1. The Kier molecular flexibility index (Phi) is 2.83. The molecule has 0 saturated carbocycles. The third kappa shape index (κ3) is 2.51. The molecule has 0 N–H and O–H groups in total. The van der Waals surface area contributed by atoms with E-state index in [4.69, 9.17) is 0 Å². The van der Waals surface area contributed by atoms with Gasteiger partial charge in [-0.3, -0.25) is 9.59 Å². The Labute approximate surface area is 50.0 Å². The lowest BCUT2D eigenvalue weighted by atomic mass is 10.3. The molecule has 3 heteroatoms. The smallest absolute Gasteiger partial charge is 0.208 e. The highest BCUT2D eigenvalue weighted by Gasteiger charge is 2.04. The minimum absolute atomic E-state index is 0.305. The summed E-state index contributed by atoms with van der Waals surface area (Å²) < 4.78 is 0. The number of rotatable bonds is 2. The van der Waals surface area contributed by atoms with E-state index >= 15 is 0 Å². The van der Waals surface area contributed by atoms with Crippen molar-refractivity contribution in [2.24, 2.45) is 0 Å². The minimum atomic E-state index is -0.417. The second kappa shape index (κ2) is 2.91. The van der Waals surface area contributed by atoms with E-state index in [-0.39, 0.29) is 4.83 Å². The molecular weight excluding hydrogens is 160 g/mol. The Morgan fingerprint density at radius 2 is 2.29 bits per heavy atom. The molecule has 0 spiro atoms. The highest BCUT2D eigenvalue weighted by Crippen LogP contribution is 1.94. The third-order valence-electron chi connectivity index (χ3n) is 0.508. The summed E-state index contributed by atoms with van der Waals surface area (Å²) in [6.45, 7) is 1.61. The predicted molar refractivity (Wildman–Crippen MR) is 29.5 cm³/mol. The van der Waals surface area contributed by atoms with Gasteiger partial charge in [0.05, 0.1) is 4.83 Å². The van der Waals surface area contributed by atoms with Gasteiger partial charge in [0.15, 0.2) is 6.29 Å². The van der Waals surface area contributed by atoms with Gasteiger partial charge in [0, 0.05) is 0 Å². The summed E-state index contributed by atoms with van der Waals surface area (Å²) >= 11 is 2.92. The molecular formula is C4H5BrO2. The summed E-state index contributed by atoms with van der Waals surface area (Å²) in [5.41, 5.74) is 0. The maximum atomic E-state index is 10.1. The van der Waals surface area contributed by atoms with E-state index in [9.17, 15) is 9.59 Å². The van der Waals surface area contributed by atoms with Crippen LogP contribution in [0, 0.1) is 0 Å². The first-order valence-corrected chi connectivity index (χ1v) is 2.73. The summed E-state index contributed by atoms with van der Waals surface area (Å²) in [5, 5.41) is 0. The first-order valence-electron chi connectivity index (χ1n) is 1.81. The van der Waals surface area contributed by atoms with Crippen molar-refractivity contribution in [2.45, 2.75) is 11.8 Å². The van der Waals surface area contributed by atoms with Gasteiger partial charge in [-0.1, -0.05) is 15.9 Å². The summed E-state index contributed by atoms with van der Waals surface area (Å²) in [4.78, 5) is 19.3. The molecule has 0 heterocycles. The SMILES string of the molecule is CC(Br)C(=O)C=O. The fraction of sp³-hybridized carbons (Fsp3) is 0.500. The molecule has 0 radical (unpaired) electrons. The number of aldehydes is 1. The lowest BCUT2D eigenvalue weighted by Crippen LogP contribution is -2.09. The fourth-order valence-corrected chi connectivity index (χ4v) is 0.202. The Bertz CT molecular complexity index is 87.7. The number of hydrogen-bond donors (Lipinski definition) is 0. The fourth-order valence-electron chi connectivity index (χ4n) is 0.0938. The van der Waals surface area contributed by atoms with Crippen LogP contribution in [0.15, 0.2) is 0 Å². The standard InChI is InChI=1S/C4H5BrO2/c1-3(5)4(7)2-6/h2-3H,1H3. The molecule has 1 unspecified atom stereocenters. The Morgan fingerprint density at radius 1 is 1.86 bits per heavy atom. The second-order valence-electron chi connectivity index (χ2n) is 1.14. The Balaban J connectivity index is 3.56. The van der Waals surface area contributed by atoms with E-state index in [1.165, 1.54) is 0 Å². The molecule has 0 aliphatic heterocycles. The van der Waals surface area contributed by atoms with Gasteiger partial charge < -0.3 is 0 Å². The zero-order valence-corrected chi connectivity index (χ0v) is 5.44. The van der Waals surface area contributed by atoms with Crippen molar-refractivity contribution in [1.29, 1.82) is 0 Å². The number of Topliss-reactive ketones (excluding diaryl/α,β-unsaturated/α-hetero) is 1. The van der Waals surface area contributed by atoms with E-state index < -0.39 is 5.78 Å². The van der Waals surface area contributed by atoms with Gasteiger partial charge >= 0.3 is 0 Å². The van der Waals surface area contributed by atoms with Crippen molar-refractivity contribution in [3.8, 4) is 0 Å². The first kappa shape index (κ1) is 6.82. The average Bonchev–Trinajstić information content (AvgIpc) is 1.65. The molecule has 2 nitrogen and oxygen atoms in total. The van der Waals surface area contributed by atoms with Gasteiger partial charge in [0.1, 0.15) is 0 Å². The van der Waals surface area contributed by atoms with Crippen LogP contribution in [0.25, 0.3) is 0 Å². The first-order chi connectivity index (χ1) is 3.18. The molecule has 0 aromatic heterocycles. The van der Waals surface area contributed by atoms with E-state index in [1.54, 1.807) is 6.92 Å². The third-order valence-corrected chi connectivity index (χ3v) is 0.959. The zero-order valence-electron chi connectivity index (χ0n) is 3.85. The molecule has 40 valence electrons. The van der Waals surface area contributed by atoms with Crippen molar-refractivity contribution in [3.63, 3.8) is 0 Å². The molecule has 1 atom stereocenters. The number of carbonyl (C=O) groups is 2.